The Morgan fingerprint density at radius 3 is 2.61 bits per heavy atom. The summed E-state index contributed by atoms with van der Waals surface area (Å²) < 4.78 is 41.1. The van der Waals surface area contributed by atoms with Crippen LogP contribution in [0.3, 0.4) is 0 Å². The topological polar surface area (TPSA) is 78.1 Å². The Hall–Kier alpha value is -3.06. The minimum Gasteiger partial charge on any atom is -0.490 e. The van der Waals surface area contributed by atoms with Gasteiger partial charge in [0.05, 0.1) is 12.0 Å². The number of rotatable bonds is 4. The molecule has 0 amide bonds. The Morgan fingerprint density at radius 2 is 1.89 bits per heavy atom. The number of fused-ring (bicyclic) bond motifs is 1. The largest absolute Gasteiger partial charge is 0.490 e. The number of aryl methyl sites for hydroxylation is 1. The predicted molar refractivity (Wildman–Crippen MR) is 105 cm³/mol. The first-order valence-electron chi connectivity index (χ1n) is 8.84. The van der Waals surface area contributed by atoms with Gasteiger partial charge in [-0.15, -0.1) is 0 Å². The molecule has 1 aromatic heterocycles. The summed E-state index contributed by atoms with van der Waals surface area (Å²) >= 11 is 0. The Balaban J connectivity index is 1.64. The molecule has 0 fully saturated rings. The fourth-order valence-electron chi connectivity index (χ4n) is 3.02. The van der Waals surface area contributed by atoms with Gasteiger partial charge >= 0.3 is 10.1 Å². The summed E-state index contributed by atoms with van der Waals surface area (Å²) in [7, 11) is -3.98. The van der Waals surface area contributed by atoms with E-state index in [0.717, 1.165) is 16.9 Å². The van der Waals surface area contributed by atoms with Crippen molar-refractivity contribution >= 4 is 15.8 Å². The maximum Gasteiger partial charge on any atom is 0.358 e. The van der Waals surface area contributed by atoms with E-state index in [9.17, 15) is 8.42 Å². The first kappa shape index (κ1) is 18.3. The Kier molecular flexibility index (Phi) is 4.68. The second-order valence-electron chi connectivity index (χ2n) is 6.70. The quantitative estimate of drug-likeness (QED) is 0.604. The van der Waals surface area contributed by atoms with Gasteiger partial charge in [-0.25, -0.2) is 0 Å². The highest BCUT2D eigenvalue weighted by atomic mass is 32.2. The lowest BCUT2D eigenvalue weighted by Gasteiger charge is -2.24. The van der Waals surface area contributed by atoms with Crippen LogP contribution in [0.2, 0.25) is 0 Å². The lowest BCUT2D eigenvalue weighted by molar-refractivity contribution is 0.219. The highest BCUT2D eigenvalue weighted by molar-refractivity contribution is 7.86. The van der Waals surface area contributed by atoms with Gasteiger partial charge < -0.3 is 9.15 Å². The zero-order valence-electron chi connectivity index (χ0n) is 15.5. The number of ether oxygens (including phenoxy) is 1. The Bertz CT molecular complexity index is 1120. The van der Waals surface area contributed by atoms with E-state index in [4.69, 9.17) is 13.4 Å². The molecule has 1 unspecified atom stereocenters. The van der Waals surface area contributed by atoms with Crippen molar-refractivity contribution in [2.24, 2.45) is 5.16 Å². The highest BCUT2D eigenvalue weighted by Gasteiger charge is 2.25. The van der Waals surface area contributed by atoms with Gasteiger partial charge in [0.2, 0.25) is 0 Å². The van der Waals surface area contributed by atoms with Gasteiger partial charge in [0, 0.05) is 17.5 Å². The molecule has 0 saturated carbocycles. The standard InChI is InChI=1S/C21H19NO5S/c1-14-5-8-17(9-6-14)28(23,24)27-22-19-12-15(2)26-21-13-16(7-10-18(19)21)20-4-3-11-25-20/h3-11,13,15H,12H2,1-2H3. The fraction of sp³-hybridized carbons (Fsp3) is 0.190. The van der Waals surface area contributed by atoms with Crippen LogP contribution in [0.5, 0.6) is 5.75 Å². The van der Waals surface area contributed by atoms with E-state index in [1.54, 1.807) is 18.4 Å². The SMILES string of the molecule is Cc1ccc(S(=O)(=O)ON=C2CC(C)Oc3cc(-c4ccco4)ccc32)cc1. The highest BCUT2D eigenvalue weighted by Crippen LogP contribution is 2.33. The van der Waals surface area contributed by atoms with E-state index in [0.29, 0.717) is 23.4 Å². The predicted octanol–water partition coefficient (Wildman–Crippen LogP) is 4.54. The summed E-state index contributed by atoms with van der Waals surface area (Å²) in [6, 6.07) is 15.7. The van der Waals surface area contributed by atoms with Crippen LogP contribution < -0.4 is 4.74 Å². The molecule has 28 heavy (non-hydrogen) atoms. The molecule has 144 valence electrons. The van der Waals surface area contributed by atoms with Crippen molar-refractivity contribution in [1.82, 2.24) is 0 Å². The molecule has 1 aliphatic rings. The molecule has 0 bridgehead atoms. The number of nitrogens with zero attached hydrogens (tertiary/aromatic N) is 1. The van der Waals surface area contributed by atoms with Gasteiger partial charge in [0.1, 0.15) is 22.5 Å². The molecular weight excluding hydrogens is 378 g/mol. The fourth-order valence-corrected chi connectivity index (χ4v) is 3.77. The average molecular weight is 397 g/mol. The minimum atomic E-state index is -3.98. The van der Waals surface area contributed by atoms with E-state index < -0.39 is 10.1 Å². The monoisotopic (exact) mass is 397 g/mol. The Labute approximate surface area is 163 Å². The van der Waals surface area contributed by atoms with Crippen molar-refractivity contribution in [2.45, 2.75) is 31.3 Å². The third kappa shape index (κ3) is 3.66. The van der Waals surface area contributed by atoms with E-state index in [-0.39, 0.29) is 11.0 Å². The average Bonchev–Trinajstić information content (AvgIpc) is 3.21. The minimum absolute atomic E-state index is 0.0657. The first-order chi connectivity index (χ1) is 13.4. The summed E-state index contributed by atoms with van der Waals surface area (Å²) in [5, 5.41) is 3.96. The third-order valence-corrected chi connectivity index (χ3v) is 5.58. The van der Waals surface area contributed by atoms with Gasteiger partial charge in [-0.3, -0.25) is 4.28 Å². The van der Waals surface area contributed by atoms with Gasteiger partial charge in [0.15, 0.2) is 0 Å². The molecule has 2 heterocycles. The van der Waals surface area contributed by atoms with Gasteiger partial charge in [-0.1, -0.05) is 28.9 Å². The van der Waals surface area contributed by atoms with Crippen LogP contribution in [0.25, 0.3) is 11.3 Å². The van der Waals surface area contributed by atoms with Crippen molar-refractivity contribution in [3.8, 4) is 17.1 Å². The second-order valence-corrected chi connectivity index (χ2v) is 8.23. The lowest BCUT2D eigenvalue weighted by Crippen LogP contribution is -2.25. The first-order valence-corrected chi connectivity index (χ1v) is 10.3. The van der Waals surface area contributed by atoms with Gasteiger partial charge in [-0.05, 0) is 50.2 Å². The molecule has 0 saturated heterocycles. The number of oxime groups is 1. The van der Waals surface area contributed by atoms with E-state index >= 15 is 0 Å². The van der Waals surface area contributed by atoms with Crippen LogP contribution in [0.1, 0.15) is 24.5 Å². The maximum absolute atomic E-state index is 12.4. The number of hydrogen-bond acceptors (Lipinski definition) is 6. The molecule has 1 atom stereocenters. The lowest BCUT2D eigenvalue weighted by atomic mass is 9.98. The van der Waals surface area contributed by atoms with E-state index in [2.05, 4.69) is 5.16 Å². The third-order valence-electron chi connectivity index (χ3n) is 4.46. The molecule has 6 nitrogen and oxygen atoms in total. The van der Waals surface area contributed by atoms with Gasteiger partial charge in [-0.2, -0.15) is 8.42 Å². The number of hydrogen-bond donors (Lipinski definition) is 0. The number of furan rings is 1. The summed E-state index contributed by atoms with van der Waals surface area (Å²) in [6.45, 7) is 3.78. The van der Waals surface area contributed by atoms with Crippen LogP contribution >= 0.6 is 0 Å². The second kappa shape index (κ2) is 7.16. The molecule has 7 heteroatoms. The normalized spacial score (nSPS) is 17.8. The van der Waals surface area contributed by atoms with Crippen molar-refractivity contribution in [1.29, 1.82) is 0 Å². The van der Waals surface area contributed by atoms with Crippen LogP contribution in [0, 0.1) is 6.92 Å². The van der Waals surface area contributed by atoms with E-state index in [1.165, 1.54) is 12.1 Å². The zero-order chi connectivity index (χ0) is 19.7. The van der Waals surface area contributed by atoms with Crippen molar-refractivity contribution in [3.63, 3.8) is 0 Å². The van der Waals surface area contributed by atoms with E-state index in [1.807, 2.05) is 44.2 Å². The molecule has 1 aliphatic heterocycles. The van der Waals surface area contributed by atoms with Crippen molar-refractivity contribution in [3.05, 3.63) is 72.0 Å². The van der Waals surface area contributed by atoms with Crippen LogP contribution in [-0.2, 0) is 14.4 Å². The molecular formula is C21H19NO5S. The summed E-state index contributed by atoms with van der Waals surface area (Å²) in [5.74, 6) is 1.34. The molecule has 4 rings (SSSR count). The number of benzene rings is 2. The summed E-state index contributed by atoms with van der Waals surface area (Å²) in [6.07, 6.45) is 1.88. The summed E-state index contributed by atoms with van der Waals surface area (Å²) in [4.78, 5) is 0.0657. The molecule has 0 aliphatic carbocycles. The molecule has 0 radical (unpaired) electrons. The van der Waals surface area contributed by atoms with Crippen LogP contribution in [0.4, 0.5) is 0 Å². The summed E-state index contributed by atoms with van der Waals surface area (Å²) in [5.41, 5.74) is 3.05. The van der Waals surface area contributed by atoms with Crippen LogP contribution in [-0.4, -0.2) is 20.2 Å². The van der Waals surface area contributed by atoms with Crippen molar-refractivity contribution < 1.29 is 21.9 Å². The van der Waals surface area contributed by atoms with Gasteiger partial charge in [0.25, 0.3) is 0 Å². The molecule has 2 aromatic carbocycles. The smallest absolute Gasteiger partial charge is 0.358 e. The molecule has 0 spiro atoms. The zero-order valence-corrected chi connectivity index (χ0v) is 16.3. The maximum atomic E-state index is 12.4. The molecule has 3 aromatic rings. The van der Waals surface area contributed by atoms with Crippen molar-refractivity contribution in [2.75, 3.05) is 0 Å². The Morgan fingerprint density at radius 1 is 1.11 bits per heavy atom. The molecule has 0 N–H and O–H groups in total. The van der Waals surface area contributed by atoms with Crippen LogP contribution in [0.15, 0.2) is 75.3 Å².